The van der Waals surface area contributed by atoms with Crippen LogP contribution in [0.3, 0.4) is 0 Å². The van der Waals surface area contributed by atoms with Crippen molar-refractivity contribution in [1.29, 1.82) is 0 Å². The fourth-order valence-electron chi connectivity index (χ4n) is 5.41. The molecule has 0 spiro atoms. The normalized spacial score (nSPS) is 23.8. The maximum atomic E-state index is 12.3. The lowest BCUT2D eigenvalue weighted by atomic mass is 9.74. The van der Waals surface area contributed by atoms with Gasteiger partial charge in [0.05, 0.1) is 12.8 Å². The standard InChI is InChI=1S/C26H31N5O2/c1-30-24(15-23(29-30)21-10-6-7-11-25(21)33-2)22-17-31-13-12-18(22)14-20(31)16-27-26(32)28-19-8-4-3-5-9-19/h3-11,15,18,20,22H,12-14,16-17H2,1-2H3,(H2,27,28,32)/t18-,20+,22-/m0/s1. The van der Waals surface area contributed by atoms with Gasteiger partial charge in [0, 0.05) is 49.0 Å². The van der Waals surface area contributed by atoms with Crippen molar-refractivity contribution in [2.75, 3.05) is 32.1 Å². The summed E-state index contributed by atoms with van der Waals surface area (Å²) in [5, 5.41) is 10.8. The second-order valence-electron chi connectivity index (χ2n) is 9.02. The van der Waals surface area contributed by atoms with Crippen molar-refractivity contribution < 1.29 is 9.53 Å². The Bertz CT molecular complexity index is 1110. The molecule has 172 valence electrons. The lowest BCUT2D eigenvalue weighted by Gasteiger charge is -2.49. The predicted molar refractivity (Wildman–Crippen MR) is 129 cm³/mol. The molecule has 3 aliphatic rings. The predicted octanol–water partition coefficient (Wildman–Crippen LogP) is 4.10. The molecule has 3 aromatic rings. The molecule has 1 unspecified atom stereocenters. The second-order valence-corrected chi connectivity index (χ2v) is 9.02. The van der Waals surface area contributed by atoms with Crippen molar-refractivity contribution in [3.8, 4) is 17.0 Å². The number of rotatable bonds is 6. The molecule has 7 heteroatoms. The largest absolute Gasteiger partial charge is 0.496 e. The summed E-state index contributed by atoms with van der Waals surface area (Å²) in [7, 11) is 3.74. The van der Waals surface area contributed by atoms with Crippen LogP contribution >= 0.6 is 0 Å². The van der Waals surface area contributed by atoms with Crippen LogP contribution in [-0.4, -0.2) is 53.5 Å². The molecule has 0 aliphatic carbocycles. The van der Waals surface area contributed by atoms with E-state index < -0.39 is 0 Å². The Morgan fingerprint density at radius 1 is 1.15 bits per heavy atom. The number of para-hydroxylation sites is 2. The summed E-state index contributed by atoms with van der Waals surface area (Å²) in [4.78, 5) is 14.8. The fraction of sp³-hybridized carbons (Fsp3) is 0.385. The molecular formula is C26H31N5O2. The van der Waals surface area contributed by atoms with Gasteiger partial charge in [-0.1, -0.05) is 30.3 Å². The van der Waals surface area contributed by atoms with Gasteiger partial charge in [-0.15, -0.1) is 0 Å². The average Bonchev–Trinajstić information content (AvgIpc) is 3.25. The maximum Gasteiger partial charge on any atom is 0.319 e. The van der Waals surface area contributed by atoms with Gasteiger partial charge in [0.1, 0.15) is 5.75 Å². The monoisotopic (exact) mass is 445 g/mol. The van der Waals surface area contributed by atoms with E-state index in [4.69, 9.17) is 9.84 Å². The quantitative estimate of drug-likeness (QED) is 0.599. The number of benzene rings is 2. The van der Waals surface area contributed by atoms with Gasteiger partial charge in [0.25, 0.3) is 0 Å². The molecule has 0 radical (unpaired) electrons. The summed E-state index contributed by atoms with van der Waals surface area (Å²) in [6, 6.07) is 20.0. The van der Waals surface area contributed by atoms with Crippen LogP contribution in [0.2, 0.25) is 0 Å². The summed E-state index contributed by atoms with van der Waals surface area (Å²) < 4.78 is 7.58. The summed E-state index contributed by atoms with van der Waals surface area (Å²) >= 11 is 0. The van der Waals surface area contributed by atoms with Crippen molar-refractivity contribution in [3.63, 3.8) is 0 Å². The number of methoxy groups -OCH3 is 1. The Kier molecular flexibility index (Phi) is 6.05. The maximum absolute atomic E-state index is 12.3. The van der Waals surface area contributed by atoms with E-state index in [9.17, 15) is 4.79 Å². The molecular weight excluding hydrogens is 414 g/mol. The smallest absolute Gasteiger partial charge is 0.319 e. The first kappa shape index (κ1) is 21.5. The van der Waals surface area contributed by atoms with Crippen LogP contribution in [0.1, 0.15) is 24.5 Å². The van der Waals surface area contributed by atoms with Crippen LogP contribution in [-0.2, 0) is 7.05 Å². The van der Waals surface area contributed by atoms with Gasteiger partial charge in [-0.3, -0.25) is 9.58 Å². The van der Waals surface area contributed by atoms with E-state index in [1.807, 2.05) is 60.3 Å². The van der Waals surface area contributed by atoms with Crippen molar-refractivity contribution in [3.05, 3.63) is 66.4 Å². The lowest BCUT2D eigenvalue weighted by molar-refractivity contribution is 0.0296. The SMILES string of the molecule is COc1ccccc1-c1cc([C@H]2CN3CC[C@H]2C[C@@H]3CNC(=O)Nc2ccccc2)n(C)n1. The van der Waals surface area contributed by atoms with E-state index in [0.717, 1.165) is 42.2 Å². The van der Waals surface area contributed by atoms with Gasteiger partial charge >= 0.3 is 6.03 Å². The zero-order valence-corrected chi connectivity index (χ0v) is 19.2. The molecule has 3 aliphatic heterocycles. The molecule has 1 aromatic heterocycles. The van der Waals surface area contributed by atoms with E-state index in [-0.39, 0.29) is 6.03 Å². The van der Waals surface area contributed by atoms with E-state index in [1.165, 1.54) is 12.1 Å². The molecule has 3 saturated heterocycles. The highest BCUT2D eigenvalue weighted by Crippen LogP contribution is 2.42. The molecule has 2 bridgehead atoms. The Balaban J connectivity index is 1.24. The van der Waals surface area contributed by atoms with Gasteiger partial charge in [0.2, 0.25) is 0 Å². The third-order valence-corrected chi connectivity index (χ3v) is 7.09. The number of carbonyl (C=O) groups excluding carboxylic acids is 1. The average molecular weight is 446 g/mol. The number of hydrogen-bond donors (Lipinski definition) is 2. The summed E-state index contributed by atoms with van der Waals surface area (Å²) in [6.45, 7) is 2.76. The lowest BCUT2D eigenvalue weighted by Crippen LogP contribution is -2.56. The van der Waals surface area contributed by atoms with Crippen molar-refractivity contribution in [1.82, 2.24) is 20.0 Å². The minimum Gasteiger partial charge on any atom is -0.496 e. The third-order valence-electron chi connectivity index (χ3n) is 7.09. The molecule has 2 N–H and O–H groups in total. The number of nitrogens with one attached hydrogen (secondary N) is 2. The first-order valence-electron chi connectivity index (χ1n) is 11.6. The van der Waals surface area contributed by atoms with Gasteiger partial charge in [-0.25, -0.2) is 4.79 Å². The minimum atomic E-state index is -0.145. The number of aryl methyl sites for hydroxylation is 1. The van der Waals surface area contributed by atoms with Crippen molar-refractivity contribution >= 4 is 11.7 Å². The molecule has 7 nitrogen and oxygen atoms in total. The van der Waals surface area contributed by atoms with Crippen LogP contribution in [0.4, 0.5) is 10.5 Å². The summed E-state index contributed by atoms with van der Waals surface area (Å²) in [5.41, 5.74) is 4.06. The number of ether oxygens (including phenoxy) is 1. The highest BCUT2D eigenvalue weighted by Gasteiger charge is 2.41. The number of hydrogen-bond acceptors (Lipinski definition) is 4. The first-order chi connectivity index (χ1) is 16.1. The molecule has 3 fully saturated rings. The second kappa shape index (κ2) is 9.27. The van der Waals surface area contributed by atoms with Gasteiger partial charge in [-0.05, 0) is 55.6 Å². The number of anilines is 1. The Morgan fingerprint density at radius 2 is 1.94 bits per heavy atom. The third kappa shape index (κ3) is 4.46. The van der Waals surface area contributed by atoms with E-state index in [0.29, 0.717) is 24.4 Å². The number of fused-ring (bicyclic) bond motifs is 3. The number of piperidine rings is 3. The topological polar surface area (TPSA) is 71.4 Å². The molecule has 4 heterocycles. The first-order valence-corrected chi connectivity index (χ1v) is 11.6. The molecule has 2 amide bonds. The zero-order chi connectivity index (χ0) is 22.8. The van der Waals surface area contributed by atoms with Crippen LogP contribution < -0.4 is 15.4 Å². The van der Waals surface area contributed by atoms with Gasteiger partial charge in [-0.2, -0.15) is 5.10 Å². The summed E-state index contributed by atoms with van der Waals surface area (Å²) in [5.74, 6) is 1.89. The Hall–Kier alpha value is -3.32. The van der Waals surface area contributed by atoms with E-state index in [1.54, 1.807) is 7.11 Å². The molecule has 6 rings (SSSR count). The van der Waals surface area contributed by atoms with Crippen molar-refractivity contribution in [2.45, 2.75) is 24.8 Å². The number of amides is 2. The summed E-state index contributed by atoms with van der Waals surface area (Å²) in [6.07, 6.45) is 2.28. The Morgan fingerprint density at radius 3 is 2.70 bits per heavy atom. The highest BCUT2D eigenvalue weighted by atomic mass is 16.5. The fourth-order valence-corrected chi connectivity index (χ4v) is 5.41. The van der Waals surface area contributed by atoms with Crippen LogP contribution in [0.5, 0.6) is 5.75 Å². The number of nitrogens with zero attached hydrogens (tertiary/aromatic N) is 3. The highest BCUT2D eigenvalue weighted by molar-refractivity contribution is 5.89. The molecule has 4 atom stereocenters. The van der Waals surface area contributed by atoms with Crippen LogP contribution in [0.15, 0.2) is 60.7 Å². The minimum absolute atomic E-state index is 0.145. The van der Waals surface area contributed by atoms with Crippen molar-refractivity contribution in [2.24, 2.45) is 13.0 Å². The van der Waals surface area contributed by atoms with E-state index in [2.05, 4.69) is 27.7 Å². The van der Waals surface area contributed by atoms with Crippen LogP contribution in [0.25, 0.3) is 11.3 Å². The number of aromatic nitrogens is 2. The van der Waals surface area contributed by atoms with E-state index >= 15 is 0 Å². The number of urea groups is 1. The van der Waals surface area contributed by atoms with Gasteiger partial charge in [0.15, 0.2) is 0 Å². The molecule has 0 saturated carbocycles. The number of carbonyl (C=O) groups is 1. The zero-order valence-electron chi connectivity index (χ0n) is 19.2. The molecule has 33 heavy (non-hydrogen) atoms. The Labute approximate surface area is 194 Å². The van der Waals surface area contributed by atoms with Gasteiger partial charge < -0.3 is 15.4 Å². The molecule has 2 aromatic carbocycles. The van der Waals surface area contributed by atoms with Crippen LogP contribution in [0, 0.1) is 5.92 Å².